The smallest absolute Gasteiger partial charge is 0.123 e. The van der Waals surface area contributed by atoms with E-state index in [-0.39, 0.29) is 22.9 Å². The van der Waals surface area contributed by atoms with Crippen LogP contribution in [0.4, 0.5) is 8.78 Å². The van der Waals surface area contributed by atoms with Crippen LogP contribution in [0.25, 0.3) is 0 Å². The number of nitrogens with zero attached hydrogens (tertiary/aromatic N) is 2. The molecule has 2 unspecified atom stereocenters. The third-order valence-electron chi connectivity index (χ3n) is 6.44. The van der Waals surface area contributed by atoms with Crippen molar-refractivity contribution in [3.05, 3.63) is 107 Å². The first-order valence-corrected chi connectivity index (χ1v) is 12.9. The van der Waals surface area contributed by atoms with Crippen LogP contribution >= 0.6 is 11.8 Å². The van der Waals surface area contributed by atoms with Gasteiger partial charge >= 0.3 is 0 Å². The molecule has 0 saturated carbocycles. The standard InChI is InChI=1S/C28H32F2N2OS/c1-21(33)27(22-5-3-2-4-6-22)32-17-15-31(16-18-32)19-20-34-28(23-7-11-25(29)12-8-23)24-9-13-26(30)14-10-24/h2-14,21,27-28,33H,15-20H2,1H3. The average Bonchev–Trinajstić information content (AvgIpc) is 2.85. The Morgan fingerprint density at radius 2 is 1.29 bits per heavy atom. The Morgan fingerprint density at radius 1 is 0.765 bits per heavy atom. The van der Waals surface area contributed by atoms with E-state index in [1.807, 2.05) is 49.4 Å². The molecule has 1 aliphatic rings. The molecule has 3 aromatic carbocycles. The third-order valence-corrected chi connectivity index (χ3v) is 7.73. The number of aliphatic hydroxyl groups excluding tert-OH is 1. The lowest BCUT2D eigenvalue weighted by atomic mass is 10.00. The van der Waals surface area contributed by atoms with Crippen LogP contribution in [0.1, 0.15) is 34.9 Å². The molecule has 0 radical (unpaired) electrons. The van der Waals surface area contributed by atoms with Crippen molar-refractivity contribution in [2.45, 2.75) is 24.3 Å². The maximum atomic E-state index is 13.5. The summed E-state index contributed by atoms with van der Waals surface area (Å²) in [4.78, 5) is 4.84. The van der Waals surface area contributed by atoms with Crippen LogP contribution in [-0.4, -0.2) is 59.5 Å². The van der Waals surface area contributed by atoms with Gasteiger partial charge in [-0.2, -0.15) is 0 Å². The summed E-state index contributed by atoms with van der Waals surface area (Å²) in [6.07, 6.45) is -0.434. The minimum atomic E-state index is -0.434. The van der Waals surface area contributed by atoms with Gasteiger partial charge in [0.25, 0.3) is 0 Å². The van der Waals surface area contributed by atoms with E-state index < -0.39 is 6.10 Å². The predicted molar refractivity (Wildman–Crippen MR) is 136 cm³/mol. The lowest BCUT2D eigenvalue weighted by molar-refractivity contribution is 0.0275. The number of benzene rings is 3. The van der Waals surface area contributed by atoms with E-state index in [2.05, 4.69) is 21.9 Å². The molecule has 0 amide bonds. The van der Waals surface area contributed by atoms with Gasteiger partial charge in [-0.05, 0) is 47.9 Å². The van der Waals surface area contributed by atoms with Crippen molar-refractivity contribution in [3.63, 3.8) is 0 Å². The zero-order valence-corrected chi connectivity index (χ0v) is 20.3. The Bertz CT molecular complexity index is 961. The van der Waals surface area contributed by atoms with Gasteiger partial charge in [0.05, 0.1) is 17.4 Å². The molecule has 3 nitrogen and oxygen atoms in total. The molecule has 6 heteroatoms. The first-order valence-electron chi connectivity index (χ1n) is 11.8. The first-order chi connectivity index (χ1) is 16.5. The number of thioether (sulfide) groups is 1. The zero-order chi connectivity index (χ0) is 23.9. The lowest BCUT2D eigenvalue weighted by Crippen LogP contribution is -2.50. The second-order valence-electron chi connectivity index (χ2n) is 8.83. The van der Waals surface area contributed by atoms with Crippen LogP contribution in [0.5, 0.6) is 0 Å². The number of rotatable bonds is 9. The van der Waals surface area contributed by atoms with E-state index in [9.17, 15) is 13.9 Å². The molecule has 0 aromatic heterocycles. The van der Waals surface area contributed by atoms with Gasteiger partial charge in [0.1, 0.15) is 11.6 Å². The van der Waals surface area contributed by atoms with Gasteiger partial charge in [-0.3, -0.25) is 9.80 Å². The third kappa shape index (κ3) is 6.45. The summed E-state index contributed by atoms with van der Waals surface area (Å²) in [5, 5.41) is 10.5. The van der Waals surface area contributed by atoms with E-state index in [0.29, 0.717) is 0 Å². The second kappa shape index (κ2) is 11.9. The molecule has 3 aromatic rings. The fourth-order valence-corrected chi connectivity index (χ4v) is 5.97. The van der Waals surface area contributed by atoms with Gasteiger partial charge in [0.2, 0.25) is 0 Å². The first kappa shape index (κ1) is 24.9. The molecule has 4 rings (SSSR count). The molecule has 1 N–H and O–H groups in total. The average molecular weight is 483 g/mol. The molecule has 2 atom stereocenters. The second-order valence-corrected chi connectivity index (χ2v) is 10.0. The molecule has 1 aliphatic heterocycles. The number of hydrogen-bond donors (Lipinski definition) is 1. The number of halogens is 2. The molecular formula is C28H32F2N2OS. The highest BCUT2D eigenvalue weighted by Gasteiger charge is 2.28. The highest BCUT2D eigenvalue weighted by Crippen LogP contribution is 2.36. The molecule has 34 heavy (non-hydrogen) atoms. The van der Waals surface area contributed by atoms with Crippen molar-refractivity contribution in [3.8, 4) is 0 Å². The Hall–Kier alpha value is -2.25. The van der Waals surface area contributed by atoms with Crippen molar-refractivity contribution in [1.29, 1.82) is 0 Å². The summed E-state index contributed by atoms with van der Waals surface area (Å²) in [5.74, 6) is 0.406. The van der Waals surface area contributed by atoms with Crippen LogP contribution < -0.4 is 0 Å². The Labute approximate surface area is 205 Å². The number of hydrogen-bond acceptors (Lipinski definition) is 4. The predicted octanol–water partition coefficient (Wildman–Crippen LogP) is 5.53. The molecule has 0 spiro atoms. The van der Waals surface area contributed by atoms with Crippen LogP contribution in [0.3, 0.4) is 0 Å². The maximum Gasteiger partial charge on any atom is 0.123 e. The van der Waals surface area contributed by atoms with E-state index in [4.69, 9.17) is 0 Å². The molecule has 1 heterocycles. The highest BCUT2D eigenvalue weighted by atomic mass is 32.2. The molecular weight excluding hydrogens is 450 g/mol. The summed E-state index contributed by atoms with van der Waals surface area (Å²) in [6, 6.07) is 23.4. The fraction of sp³-hybridized carbons (Fsp3) is 0.357. The molecule has 1 fully saturated rings. The van der Waals surface area contributed by atoms with Crippen molar-refractivity contribution in [2.75, 3.05) is 38.5 Å². The number of aliphatic hydroxyl groups is 1. The van der Waals surface area contributed by atoms with Crippen LogP contribution in [-0.2, 0) is 0 Å². The topological polar surface area (TPSA) is 26.7 Å². The lowest BCUT2D eigenvalue weighted by Gasteiger charge is -2.40. The zero-order valence-electron chi connectivity index (χ0n) is 19.5. The van der Waals surface area contributed by atoms with Gasteiger partial charge in [-0.15, -0.1) is 11.8 Å². The molecule has 1 saturated heterocycles. The summed E-state index contributed by atoms with van der Waals surface area (Å²) in [7, 11) is 0. The van der Waals surface area contributed by atoms with Crippen molar-refractivity contribution in [1.82, 2.24) is 9.80 Å². The largest absolute Gasteiger partial charge is 0.391 e. The van der Waals surface area contributed by atoms with E-state index in [1.54, 1.807) is 11.8 Å². The van der Waals surface area contributed by atoms with Gasteiger partial charge < -0.3 is 5.11 Å². The van der Waals surface area contributed by atoms with E-state index >= 15 is 0 Å². The van der Waals surface area contributed by atoms with Crippen molar-refractivity contribution in [2.24, 2.45) is 0 Å². The normalized spacial score (nSPS) is 17.1. The van der Waals surface area contributed by atoms with Crippen LogP contribution in [0.15, 0.2) is 78.9 Å². The quantitative estimate of drug-likeness (QED) is 0.434. The fourth-order valence-electron chi connectivity index (χ4n) is 4.67. The highest BCUT2D eigenvalue weighted by molar-refractivity contribution is 7.99. The minimum Gasteiger partial charge on any atom is -0.391 e. The van der Waals surface area contributed by atoms with Gasteiger partial charge in [0, 0.05) is 38.5 Å². The molecule has 180 valence electrons. The van der Waals surface area contributed by atoms with Gasteiger partial charge in [-0.1, -0.05) is 54.6 Å². The number of piperazine rings is 1. The van der Waals surface area contributed by atoms with E-state index in [0.717, 1.165) is 55.2 Å². The Balaban J connectivity index is 1.34. The van der Waals surface area contributed by atoms with Crippen LogP contribution in [0, 0.1) is 11.6 Å². The summed E-state index contributed by atoms with van der Waals surface area (Å²) in [5.41, 5.74) is 3.19. The van der Waals surface area contributed by atoms with Crippen LogP contribution in [0.2, 0.25) is 0 Å². The minimum absolute atomic E-state index is 0.0130. The Morgan fingerprint density at radius 3 is 1.79 bits per heavy atom. The SMILES string of the molecule is CC(O)C(c1ccccc1)N1CCN(CCSC(c2ccc(F)cc2)c2ccc(F)cc2)CC1. The van der Waals surface area contributed by atoms with Crippen molar-refractivity contribution < 1.29 is 13.9 Å². The summed E-state index contributed by atoms with van der Waals surface area (Å²) in [6.45, 7) is 6.54. The molecule has 0 bridgehead atoms. The monoisotopic (exact) mass is 482 g/mol. The maximum absolute atomic E-state index is 13.5. The summed E-state index contributed by atoms with van der Waals surface area (Å²) < 4.78 is 26.9. The Kier molecular flexibility index (Phi) is 8.73. The molecule has 0 aliphatic carbocycles. The summed E-state index contributed by atoms with van der Waals surface area (Å²) >= 11 is 1.80. The van der Waals surface area contributed by atoms with Crippen molar-refractivity contribution >= 4 is 11.8 Å². The van der Waals surface area contributed by atoms with E-state index in [1.165, 1.54) is 24.3 Å². The van der Waals surface area contributed by atoms with Gasteiger partial charge in [-0.25, -0.2) is 8.78 Å². The van der Waals surface area contributed by atoms with Gasteiger partial charge in [0.15, 0.2) is 0 Å².